The summed E-state index contributed by atoms with van der Waals surface area (Å²) in [4.78, 5) is 0. The van der Waals surface area contributed by atoms with E-state index in [4.69, 9.17) is 5.73 Å². The maximum Gasteiger partial charge on any atom is 0.0488 e. The maximum atomic E-state index is 5.78. The van der Waals surface area contributed by atoms with Gasteiger partial charge in [-0.3, -0.25) is 0 Å². The second-order valence-corrected chi connectivity index (χ2v) is 6.15. The highest BCUT2D eigenvalue weighted by Crippen LogP contribution is 2.32. The van der Waals surface area contributed by atoms with Gasteiger partial charge in [-0.05, 0) is 59.3 Å². The van der Waals surface area contributed by atoms with Crippen LogP contribution in [-0.4, -0.2) is 6.04 Å². The lowest BCUT2D eigenvalue weighted by Gasteiger charge is -2.31. The third-order valence-corrected chi connectivity index (χ3v) is 4.65. The van der Waals surface area contributed by atoms with Crippen LogP contribution in [0.5, 0.6) is 0 Å². The van der Waals surface area contributed by atoms with E-state index < -0.39 is 0 Å². The van der Waals surface area contributed by atoms with Gasteiger partial charge in [-0.15, -0.1) is 0 Å². The Hall–Kier alpha value is -0.700. The van der Waals surface area contributed by atoms with Gasteiger partial charge in [-0.1, -0.05) is 26.2 Å². The van der Waals surface area contributed by atoms with Gasteiger partial charge in [-0.2, -0.15) is 0 Å². The summed E-state index contributed by atoms with van der Waals surface area (Å²) in [6.07, 6.45) is 8.13. The van der Waals surface area contributed by atoms with Crippen molar-refractivity contribution >= 4 is 27.3 Å². The van der Waals surface area contributed by atoms with Gasteiger partial charge < -0.3 is 11.1 Å². The molecule has 0 heterocycles. The lowest BCUT2D eigenvalue weighted by Crippen LogP contribution is -2.30. The molecule has 1 aromatic carbocycles. The molecule has 1 saturated carbocycles. The van der Waals surface area contributed by atoms with Crippen LogP contribution < -0.4 is 11.1 Å². The van der Waals surface area contributed by atoms with Crippen molar-refractivity contribution in [3.63, 3.8) is 0 Å². The minimum absolute atomic E-state index is 0.588. The average molecular weight is 311 g/mol. The van der Waals surface area contributed by atoms with Crippen molar-refractivity contribution in [1.82, 2.24) is 0 Å². The molecule has 0 aliphatic heterocycles. The fraction of sp³-hybridized carbons (Fsp3) is 0.600. The number of hydrogen-bond acceptors (Lipinski definition) is 2. The number of rotatable bonds is 4. The summed E-state index contributed by atoms with van der Waals surface area (Å²) in [6, 6.07) is 6.59. The number of benzene rings is 1. The number of nitrogens with one attached hydrogen (secondary N) is 1. The zero-order valence-electron chi connectivity index (χ0n) is 11.1. The van der Waals surface area contributed by atoms with Crippen LogP contribution >= 0.6 is 15.9 Å². The molecule has 1 aromatic rings. The molecule has 2 nitrogen and oxygen atoms in total. The highest BCUT2D eigenvalue weighted by molar-refractivity contribution is 9.10. The molecule has 0 spiro atoms. The molecular formula is C15H23BrN2. The molecule has 1 aliphatic carbocycles. The fourth-order valence-electron chi connectivity index (χ4n) is 2.94. The van der Waals surface area contributed by atoms with Crippen LogP contribution in [0.15, 0.2) is 22.7 Å². The Balaban J connectivity index is 2.04. The van der Waals surface area contributed by atoms with E-state index in [0.717, 1.165) is 16.1 Å². The van der Waals surface area contributed by atoms with Crippen LogP contribution in [0.4, 0.5) is 11.4 Å². The van der Waals surface area contributed by atoms with Crippen LogP contribution in [-0.2, 0) is 0 Å². The number of hydrogen-bond donors (Lipinski definition) is 2. The summed E-state index contributed by atoms with van der Waals surface area (Å²) in [5, 5.41) is 3.69. The van der Waals surface area contributed by atoms with E-state index in [1.807, 2.05) is 12.1 Å². The van der Waals surface area contributed by atoms with Crippen molar-refractivity contribution in [2.24, 2.45) is 5.92 Å². The number of nitrogen functional groups attached to an aromatic ring is 1. The van der Waals surface area contributed by atoms with Gasteiger partial charge >= 0.3 is 0 Å². The van der Waals surface area contributed by atoms with Crippen LogP contribution in [0.3, 0.4) is 0 Å². The molecule has 1 fully saturated rings. The van der Waals surface area contributed by atoms with Crippen molar-refractivity contribution in [2.45, 2.75) is 51.5 Å². The molecule has 0 aromatic heterocycles. The lowest BCUT2D eigenvalue weighted by atomic mass is 9.83. The predicted octanol–water partition coefficient (Wildman–Crippen LogP) is 4.80. The Labute approximate surface area is 118 Å². The highest BCUT2D eigenvalue weighted by atomic mass is 79.9. The monoisotopic (exact) mass is 310 g/mol. The molecule has 3 heteroatoms. The standard InChI is InChI=1S/C15H23BrN2/c1-2-14(11-6-4-3-5-7-11)18-15-9-8-12(17)10-13(15)16/h8-11,14,18H,2-7,17H2,1H3. The first kappa shape index (κ1) is 13.7. The van der Waals surface area contributed by atoms with Gasteiger partial charge in [0, 0.05) is 21.9 Å². The van der Waals surface area contributed by atoms with Crippen molar-refractivity contribution in [3.05, 3.63) is 22.7 Å². The summed E-state index contributed by atoms with van der Waals surface area (Å²) in [7, 11) is 0. The molecule has 18 heavy (non-hydrogen) atoms. The average Bonchev–Trinajstić information content (AvgIpc) is 2.39. The van der Waals surface area contributed by atoms with Crippen LogP contribution in [0.2, 0.25) is 0 Å². The SMILES string of the molecule is CCC(Nc1ccc(N)cc1Br)C1CCCCC1. The first-order chi connectivity index (χ1) is 8.70. The molecule has 3 N–H and O–H groups in total. The second kappa shape index (κ2) is 6.46. The summed E-state index contributed by atoms with van der Waals surface area (Å²) in [5.41, 5.74) is 7.75. The molecule has 0 bridgehead atoms. The zero-order valence-corrected chi connectivity index (χ0v) is 12.7. The van der Waals surface area contributed by atoms with E-state index in [2.05, 4.69) is 34.2 Å². The van der Waals surface area contributed by atoms with E-state index in [1.54, 1.807) is 0 Å². The lowest BCUT2D eigenvalue weighted by molar-refractivity contribution is 0.313. The molecule has 0 radical (unpaired) electrons. The van der Waals surface area contributed by atoms with Gasteiger partial charge in [0.1, 0.15) is 0 Å². The van der Waals surface area contributed by atoms with Gasteiger partial charge in [0.2, 0.25) is 0 Å². The number of anilines is 2. The van der Waals surface area contributed by atoms with Gasteiger partial charge in [0.05, 0.1) is 0 Å². The molecule has 1 atom stereocenters. The normalized spacial score (nSPS) is 18.6. The zero-order chi connectivity index (χ0) is 13.0. The Kier molecular flexibility index (Phi) is 4.93. The number of nitrogens with two attached hydrogens (primary N) is 1. The minimum atomic E-state index is 0.588. The molecule has 1 aliphatic rings. The predicted molar refractivity (Wildman–Crippen MR) is 82.8 cm³/mol. The Morgan fingerprint density at radius 3 is 2.67 bits per heavy atom. The smallest absolute Gasteiger partial charge is 0.0488 e. The minimum Gasteiger partial charge on any atom is -0.399 e. The molecule has 0 amide bonds. The van der Waals surface area contributed by atoms with E-state index >= 15 is 0 Å². The summed E-state index contributed by atoms with van der Waals surface area (Å²) in [6.45, 7) is 2.28. The van der Waals surface area contributed by atoms with E-state index in [9.17, 15) is 0 Å². The van der Waals surface area contributed by atoms with E-state index in [0.29, 0.717) is 6.04 Å². The molecular weight excluding hydrogens is 288 g/mol. The Bertz CT molecular complexity index is 386. The summed E-state index contributed by atoms with van der Waals surface area (Å²) >= 11 is 3.59. The quantitative estimate of drug-likeness (QED) is 0.784. The second-order valence-electron chi connectivity index (χ2n) is 5.30. The largest absolute Gasteiger partial charge is 0.399 e. The van der Waals surface area contributed by atoms with E-state index in [-0.39, 0.29) is 0 Å². The highest BCUT2D eigenvalue weighted by Gasteiger charge is 2.22. The van der Waals surface area contributed by atoms with Gasteiger partial charge in [0.25, 0.3) is 0 Å². The van der Waals surface area contributed by atoms with Crippen LogP contribution in [0.25, 0.3) is 0 Å². The topological polar surface area (TPSA) is 38.0 Å². The van der Waals surface area contributed by atoms with Crippen LogP contribution in [0.1, 0.15) is 45.4 Å². The summed E-state index contributed by atoms with van der Waals surface area (Å²) in [5.74, 6) is 0.827. The van der Waals surface area contributed by atoms with E-state index in [1.165, 1.54) is 44.2 Å². The Morgan fingerprint density at radius 2 is 2.06 bits per heavy atom. The molecule has 2 rings (SSSR count). The van der Waals surface area contributed by atoms with Gasteiger partial charge in [0.15, 0.2) is 0 Å². The maximum absolute atomic E-state index is 5.78. The Morgan fingerprint density at radius 1 is 1.33 bits per heavy atom. The van der Waals surface area contributed by atoms with Crippen molar-refractivity contribution in [1.29, 1.82) is 0 Å². The van der Waals surface area contributed by atoms with Crippen molar-refractivity contribution in [3.8, 4) is 0 Å². The molecule has 1 unspecified atom stereocenters. The van der Waals surface area contributed by atoms with Gasteiger partial charge in [-0.25, -0.2) is 0 Å². The molecule has 0 saturated heterocycles. The third-order valence-electron chi connectivity index (χ3n) is 3.99. The van der Waals surface area contributed by atoms with Crippen LogP contribution in [0, 0.1) is 5.92 Å². The van der Waals surface area contributed by atoms with Crippen molar-refractivity contribution in [2.75, 3.05) is 11.1 Å². The summed E-state index contributed by atoms with van der Waals surface area (Å²) < 4.78 is 1.07. The fourth-order valence-corrected chi connectivity index (χ4v) is 3.45. The first-order valence-electron chi connectivity index (χ1n) is 7.02. The first-order valence-corrected chi connectivity index (χ1v) is 7.81. The van der Waals surface area contributed by atoms with Crippen molar-refractivity contribution < 1.29 is 0 Å². The molecule has 100 valence electrons. The number of halogens is 1. The third kappa shape index (κ3) is 3.41.